The lowest BCUT2D eigenvalue weighted by atomic mass is 10.2. The molecule has 15 heavy (non-hydrogen) atoms. The third kappa shape index (κ3) is 3.57. The Labute approximate surface area is 93.2 Å². The summed E-state index contributed by atoms with van der Waals surface area (Å²) < 4.78 is 4.79. The summed E-state index contributed by atoms with van der Waals surface area (Å²) in [5.41, 5.74) is 0.322. The highest BCUT2D eigenvalue weighted by Crippen LogP contribution is 2.16. The number of halogens is 1. The first-order valence-electron chi connectivity index (χ1n) is 4.84. The monoisotopic (exact) mass is 231 g/mol. The predicted molar refractivity (Wildman–Crippen MR) is 57.0 cm³/mol. The number of hydrogen-bond donors (Lipinski definition) is 2. The van der Waals surface area contributed by atoms with Gasteiger partial charge in [-0.2, -0.15) is 0 Å². The maximum atomic E-state index is 11.5. The Morgan fingerprint density at radius 2 is 2.47 bits per heavy atom. The second-order valence-corrected chi connectivity index (χ2v) is 3.56. The number of carbonyl (C=O) groups is 1. The minimum Gasteiger partial charge on any atom is -0.452 e. The van der Waals surface area contributed by atoms with E-state index >= 15 is 0 Å². The van der Waals surface area contributed by atoms with Crippen LogP contribution in [0.5, 0.6) is 0 Å². The van der Waals surface area contributed by atoms with Crippen LogP contribution in [-0.4, -0.2) is 23.7 Å². The normalized spacial score (nSPS) is 12.5. The molecule has 0 saturated heterocycles. The maximum Gasteiger partial charge on any atom is 0.256 e. The van der Waals surface area contributed by atoms with Crippen LogP contribution in [0.25, 0.3) is 0 Å². The van der Waals surface area contributed by atoms with Gasteiger partial charge in [0, 0.05) is 6.54 Å². The van der Waals surface area contributed by atoms with Crippen LogP contribution in [0, 0.1) is 0 Å². The first-order chi connectivity index (χ1) is 7.15. The molecule has 2 N–H and O–H groups in total. The minimum atomic E-state index is -0.370. The van der Waals surface area contributed by atoms with Crippen LogP contribution in [0.15, 0.2) is 16.7 Å². The van der Waals surface area contributed by atoms with Crippen LogP contribution < -0.4 is 5.32 Å². The van der Waals surface area contributed by atoms with Crippen molar-refractivity contribution in [2.45, 2.75) is 25.9 Å². The van der Waals surface area contributed by atoms with Crippen molar-refractivity contribution in [3.05, 3.63) is 23.1 Å². The largest absolute Gasteiger partial charge is 0.452 e. The van der Waals surface area contributed by atoms with Gasteiger partial charge in [0.15, 0.2) is 0 Å². The number of aliphatic hydroxyl groups is 1. The van der Waals surface area contributed by atoms with Crippen molar-refractivity contribution in [2.75, 3.05) is 6.54 Å². The van der Waals surface area contributed by atoms with Crippen molar-refractivity contribution in [1.82, 2.24) is 5.32 Å². The molecule has 0 aliphatic carbocycles. The molecule has 0 aliphatic rings. The molecule has 0 spiro atoms. The molecule has 1 heterocycles. The zero-order chi connectivity index (χ0) is 11.3. The molecule has 1 aromatic rings. The van der Waals surface area contributed by atoms with Gasteiger partial charge in [0.25, 0.3) is 5.91 Å². The first-order valence-corrected chi connectivity index (χ1v) is 5.22. The summed E-state index contributed by atoms with van der Waals surface area (Å²) in [6, 6.07) is 1.51. The molecule has 4 nitrogen and oxygen atoms in total. The summed E-state index contributed by atoms with van der Waals surface area (Å²) in [4.78, 5) is 11.5. The molecule has 0 radical (unpaired) electrons. The Hall–Kier alpha value is -1.00. The smallest absolute Gasteiger partial charge is 0.256 e. The van der Waals surface area contributed by atoms with Crippen molar-refractivity contribution in [3.63, 3.8) is 0 Å². The third-order valence-electron chi connectivity index (χ3n) is 2.10. The van der Waals surface area contributed by atoms with E-state index in [1.165, 1.54) is 12.3 Å². The minimum absolute atomic E-state index is 0.0866. The quantitative estimate of drug-likeness (QED) is 0.813. The van der Waals surface area contributed by atoms with Crippen LogP contribution in [0.2, 0.25) is 5.22 Å². The van der Waals surface area contributed by atoms with E-state index in [-0.39, 0.29) is 17.2 Å². The summed E-state index contributed by atoms with van der Waals surface area (Å²) in [6.45, 7) is 2.31. The Morgan fingerprint density at radius 3 is 3.00 bits per heavy atom. The van der Waals surface area contributed by atoms with Gasteiger partial charge < -0.3 is 14.8 Å². The summed E-state index contributed by atoms with van der Waals surface area (Å²) in [7, 11) is 0. The van der Waals surface area contributed by atoms with E-state index in [9.17, 15) is 9.90 Å². The highest BCUT2D eigenvalue weighted by Gasteiger charge is 2.12. The standard InChI is InChI=1S/C10H14ClNO3/c1-2-7(13)3-5-12-10(14)8-4-6-15-9(8)11/h4,6-7,13H,2-3,5H2,1H3,(H,12,14). The van der Waals surface area contributed by atoms with Gasteiger partial charge in [-0.3, -0.25) is 4.79 Å². The van der Waals surface area contributed by atoms with Crippen molar-refractivity contribution >= 4 is 17.5 Å². The SMILES string of the molecule is CCC(O)CCNC(=O)c1ccoc1Cl. The predicted octanol–water partition coefficient (Wildman–Crippen LogP) is 1.82. The fraction of sp³-hybridized carbons (Fsp3) is 0.500. The van der Waals surface area contributed by atoms with Gasteiger partial charge in [-0.25, -0.2) is 0 Å². The van der Waals surface area contributed by atoms with Crippen LogP contribution in [0.3, 0.4) is 0 Å². The first kappa shape index (κ1) is 12.1. The maximum absolute atomic E-state index is 11.5. The van der Waals surface area contributed by atoms with Gasteiger partial charge in [0.1, 0.15) is 0 Å². The second-order valence-electron chi connectivity index (χ2n) is 3.21. The summed E-state index contributed by atoms with van der Waals surface area (Å²) >= 11 is 5.63. The molecule has 1 aromatic heterocycles. The summed E-state index contributed by atoms with van der Waals surface area (Å²) in [5.74, 6) is -0.281. The molecular weight excluding hydrogens is 218 g/mol. The Balaban J connectivity index is 2.34. The fourth-order valence-corrected chi connectivity index (χ4v) is 1.31. The Kier molecular flexibility index (Phi) is 4.65. The molecular formula is C10H14ClNO3. The van der Waals surface area contributed by atoms with Gasteiger partial charge in [-0.05, 0) is 30.5 Å². The number of carbonyl (C=O) groups excluding carboxylic acids is 1. The lowest BCUT2D eigenvalue weighted by Gasteiger charge is -2.07. The number of furan rings is 1. The zero-order valence-corrected chi connectivity index (χ0v) is 9.25. The summed E-state index contributed by atoms with van der Waals surface area (Å²) in [5, 5.41) is 12.0. The van der Waals surface area contributed by atoms with Crippen LogP contribution in [-0.2, 0) is 0 Å². The van der Waals surface area contributed by atoms with Crippen molar-refractivity contribution in [3.8, 4) is 0 Å². The topological polar surface area (TPSA) is 62.5 Å². The molecule has 5 heteroatoms. The fourth-order valence-electron chi connectivity index (χ4n) is 1.11. The molecule has 1 unspecified atom stereocenters. The van der Waals surface area contributed by atoms with Crippen LogP contribution in [0.1, 0.15) is 30.1 Å². The number of hydrogen-bond acceptors (Lipinski definition) is 3. The zero-order valence-electron chi connectivity index (χ0n) is 8.50. The second kappa shape index (κ2) is 5.78. The average Bonchev–Trinajstić information content (AvgIpc) is 2.64. The molecule has 84 valence electrons. The number of aliphatic hydroxyl groups excluding tert-OH is 1. The van der Waals surface area contributed by atoms with Crippen LogP contribution in [0.4, 0.5) is 0 Å². The summed E-state index contributed by atoms with van der Waals surface area (Å²) in [6.07, 6.45) is 2.21. The van der Waals surface area contributed by atoms with Gasteiger partial charge in [-0.15, -0.1) is 0 Å². The van der Waals surface area contributed by atoms with Crippen molar-refractivity contribution in [1.29, 1.82) is 0 Å². The van der Waals surface area contributed by atoms with E-state index in [2.05, 4.69) is 5.32 Å². The van der Waals surface area contributed by atoms with E-state index in [0.717, 1.165) is 0 Å². The highest BCUT2D eigenvalue weighted by molar-refractivity contribution is 6.32. The highest BCUT2D eigenvalue weighted by atomic mass is 35.5. The average molecular weight is 232 g/mol. The lowest BCUT2D eigenvalue weighted by molar-refractivity contribution is 0.0941. The lowest BCUT2D eigenvalue weighted by Crippen LogP contribution is -2.26. The van der Waals surface area contributed by atoms with Gasteiger partial charge in [0.2, 0.25) is 5.22 Å². The van der Waals surface area contributed by atoms with Crippen LogP contribution >= 0.6 is 11.6 Å². The molecule has 1 amide bonds. The molecule has 1 rings (SSSR count). The number of rotatable bonds is 5. The number of nitrogens with one attached hydrogen (secondary N) is 1. The third-order valence-corrected chi connectivity index (χ3v) is 2.39. The Bertz CT molecular complexity index is 324. The molecule has 0 saturated carbocycles. The van der Waals surface area contributed by atoms with Gasteiger partial charge >= 0.3 is 0 Å². The van der Waals surface area contributed by atoms with Gasteiger partial charge in [0.05, 0.1) is 17.9 Å². The molecule has 0 fully saturated rings. The van der Waals surface area contributed by atoms with E-state index in [4.69, 9.17) is 16.0 Å². The van der Waals surface area contributed by atoms with E-state index in [1.807, 2.05) is 6.92 Å². The van der Waals surface area contributed by atoms with Crippen molar-refractivity contribution < 1.29 is 14.3 Å². The molecule has 1 atom stereocenters. The van der Waals surface area contributed by atoms with E-state index in [0.29, 0.717) is 24.9 Å². The molecule has 0 aromatic carbocycles. The van der Waals surface area contributed by atoms with Crippen molar-refractivity contribution in [2.24, 2.45) is 0 Å². The van der Waals surface area contributed by atoms with E-state index < -0.39 is 0 Å². The molecule has 0 aliphatic heterocycles. The van der Waals surface area contributed by atoms with E-state index in [1.54, 1.807) is 0 Å². The molecule has 0 bridgehead atoms. The number of amides is 1. The van der Waals surface area contributed by atoms with Gasteiger partial charge in [-0.1, -0.05) is 6.92 Å². The Morgan fingerprint density at radius 1 is 1.73 bits per heavy atom.